The Hall–Kier alpha value is -1.41. The lowest BCUT2D eigenvalue weighted by Crippen LogP contribution is -2.60. The van der Waals surface area contributed by atoms with Crippen LogP contribution in [-0.2, 0) is 4.74 Å². The van der Waals surface area contributed by atoms with Gasteiger partial charge in [0, 0.05) is 16.9 Å². The molecule has 7 atom stereocenters. The van der Waals surface area contributed by atoms with Crippen molar-refractivity contribution >= 4 is 11.6 Å². The Kier molecular flexibility index (Phi) is 7.37. The fourth-order valence-corrected chi connectivity index (χ4v) is 4.36. The van der Waals surface area contributed by atoms with Crippen LogP contribution in [0.4, 0.5) is 0 Å². The lowest BCUT2D eigenvalue weighted by atomic mass is 9.78. The van der Waals surface area contributed by atoms with Crippen molar-refractivity contribution < 1.29 is 29.9 Å². The molecule has 1 aromatic rings. The van der Waals surface area contributed by atoms with Crippen LogP contribution in [0.1, 0.15) is 31.7 Å². The van der Waals surface area contributed by atoms with Crippen LogP contribution in [0.3, 0.4) is 0 Å². The first kappa shape index (κ1) is 22.3. The molecule has 1 aliphatic heterocycles. The summed E-state index contributed by atoms with van der Waals surface area (Å²) in [5, 5.41) is 40.7. The van der Waals surface area contributed by atoms with Crippen LogP contribution in [0.15, 0.2) is 47.0 Å². The van der Waals surface area contributed by atoms with Gasteiger partial charge in [-0.2, -0.15) is 0 Å². The fraction of sp³-hybridized carbons (Fsp3) is 0.545. The molecule has 0 aromatic heterocycles. The van der Waals surface area contributed by atoms with Gasteiger partial charge in [0.15, 0.2) is 0 Å². The summed E-state index contributed by atoms with van der Waals surface area (Å²) in [6.45, 7) is 4.17. The molecule has 0 amide bonds. The summed E-state index contributed by atoms with van der Waals surface area (Å²) in [5.41, 5.74) is 2.09. The quantitative estimate of drug-likeness (QED) is 0.558. The molecule has 1 aliphatic carbocycles. The van der Waals surface area contributed by atoms with E-state index < -0.39 is 37.1 Å². The van der Waals surface area contributed by atoms with Gasteiger partial charge in [-0.05, 0) is 42.7 Å². The molecular formula is C22H29ClO6. The van der Waals surface area contributed by atoms with Crippen LogP contribution in [0.5, 0.6) is 5.75 Å². The van der Waals surface area contributed by atoms with Gasteiger partial charge in [0.25, 0.3) is 0 Å². The highest BCUT2D eigenvalue weighted by Gasteiger charge is 2.46. The normalized spacial score (nSPS) is 33.6. The molecule has 160 valence electrons. The Morgan fingerprint density at radius 1 is 1.14 bits per heavy atom. The summed E-state index contributed by atoms with van der Waals surface area (Å²) in [7, 11) is 0. The number of rotatable bonds is 6. The van der Waals surface area contributed by atoms with Gasteiger partial charge in [0.1, 0.15) is 30.2 Å². The third-order valence-corrected chi connectivity index (χ3v) is 6.19. The van der Waals surface area contributed by atoms with Crippen molar-refractivity contribution in [2.45, 2.75) is 56.7 Å². The molecule has 1 fully saturated rings. The average Bonchev–Trinajstić information content (AvgIpc) is 2.73. The summed E-state index contributed by atoms with van der Waals surface area (Å²) >= 11 is 6.49. The van der Waals surface area contributed by atoms with E-state index in [9.17, 15) is 20.4 Å². The predicted octanol–water partition coefficient (Wildman–Crippen LogP) is 2.10. The molecule has 7 heteroatoms. The van der Waals surface area contributed by atoms with Crippen molar-refractivity contribution in [3.63, 3.8) is 0 Å². The Balaban J connectivity index is 1.77. The van der Waals surface area contributed by atoms with Crippen molar-refractivity contribution in [3.05, 3.63) is 52.6 Å². The second kappa shape index (κ2) is 9.60. The molecule has 0 radical (unpaired) electrons. The third-order valence-electron chi connectivity index (χ3n) is 5.82. The van der Waals surface area contributed by atoms with E-state index in [-0.39, 0.29) is 11.8 Å². The maximum atomic E-state index is 10.4. The minimum Gasteiger partial charge on any atom is -0.494 e. The zero-order valence-electron chi connectivity index (χ0n) is 16.6. The largest absolute Gasteiger partial charge is 0.494 e. The van der Waals surface area contributed by atoms with Crippen LogP contribution in [0, 0.1) is 5.92 Å². The van der Waals surface area contributed by atoms with E-state index in [0.29, 0.717) is 18.1 Å². The van der Waals surface area contributed by atoms with E-state index in [1.807, 2.05) is 37.3 Å². The van der Waals surface area contributed by atoms with Gasteiger partial charge in [0.2, 0.25) is 0 Å². The SMILES string of the molecule is CCOc1ccc(C(C)C2=C(Cl)C=CC([C@@H]3O[C@H](CO)[C@@H](O)[C@H](O)[C@H]3O)C2)cc1. The monoisotopic (exact) mass is 424 g/mol. The number of aliphatic hydroxyl groups is 4. The highest BCUT2D eigenvalue weighted by atomic mass is 35.5. The highest BCUT2D eigenvalue weighted by Crippen LogP contribution is 2.40. The molecule has 6 nitrogen and oxygen atoms in total. The summed E-state index contributed by atoms with van der Waals surface area (Å²) in [5.74, 6) is 0.602. The standard InChI is InChI=1S/C22H29ClO6/c1-3-28-15-7-4-13(5-8-15)12(2)16-10-14(6-9-17(16)23)22-21(27)20(26)19(25)18(11-24)29-22/h4-9,12,14,18-22,24-27H,3,10-11H2,1-2H3/t12?,14?,18-,19-,20+,21-,22+/m1/s1. The second-order valence-electron chi connectivity index (χ2n) is 7.62. The zero-order chi connectivity index (χ0) is 21.1. The topological polar surface area (TPSA) is 99.4 Å². The smallest absolute Gasteiger partial charge is 0.119 e. The Morgan fingerprint density at radius 2 is 1.83 bits per heavy atom. The first-order valence-corrected chi connectivity index (χ1v) is 10.3. The van der Waals surface area contributed by atoms with Gasteiger partial charge in [-0.15, -0.1) is 0 Å². The number of allylic oxidation sites excluding steroid dienone is 3. The van der Waals surface area contributed by atoms with Crippen LogP contribution in [-0.4, -0.2) is 64.2 Å². The molecule has 1 saturated heterocycles. The van der Waals surface area contributed by atoms with Crippen LogP contribution in [0.25, 0.3) is 0 Å². The van der Waals surface area contributed by atoms with E-state index in [4.69, 9.17) is 21.1 Å². The minimum absolute atomic E-state index is 0.0375. The van der Waals surface area contributed by atoms with Crippen LogP contribution in [0.2, 0.25) is 0 Å². The van der Waals surface area contributed by atoms with Crippen molar-refractivity contribution in [1.82, 2.24) is 0 Å². The summed E-state index contributed by atoms with van der Waals surface area (Å²) in [6.07, 6.45) is -1.50. The minimum atomic E-state index is -1.38. The molecule has 4 N–H and O–H groups in total. The van der Waals surface area contributed by atoms with Gasteiger partial charge < -0.3 is 29.9 Å². The Labute approximate surface area is 176 Å². The summed E-state index contributed by atoms with van der Waals surface area (Å²) < 4.78 is 11.2. The van der Waals surface area contributed by atoms with Crippen LogP contribution >= 0.6 is 11.6 Å². The van der Waals surface area contributed by atoms with Crippen LogP contribution < -0.4 is 4.74 Å². The van der Waals surface area contributed by atoms with Gasteiger partial charge >= 0.3 is 0 Å². The maximum absolute atomic E-state index is 10.4. The number of benzene rings is 1. The second-order valence-corrected chi connectivity index (χ2v) is 8.02. The molecule has 0 bridgehead atoms. The van der Waals surface area contributed by atoms with Crippen molar-refractivity contribution in [3.8, 4) is 5.75 Å². The van der Waals surface area contributed by atoms with Gasteiger partial charge in [0.05, 0.1) is 19.3 Å². The number of hydrogen-bond donors (Lipinski definition) is 4. The number of hydrogen-bond acceptors (Lipinski definition) is 6. The number of halogens is 1. The van der Waals surface area contributed by atoms with Gasteiger partial charge in [-0.3, -0.25) is 0 Å². The van der Waals surface area contributed by atoms with Crippen molar-refractivity contribution in [2.24, 2.45) is 5.92 Å². The molecular weight excluding hydrogens is 396 g/mol. The molecule has 29 heavy (non-hydrogen) atoms. The zero-order valence-corrected chi connectivity index (χ0v) is 17.4. The molecule has 3 rings (SSSR count). The molecule has 1 heterocycles. The van der Waals surface area contributed by atoms with Gasteiger partial charge in [-0.1, -0.05) is 36.7 Å². The summed E-state index contributed by atoms with van der Waals surface area (Å²) in [6, 6.07) is 7.87. The number of ether oxygens (including phenoxy) is 2. The summed E-state index contributed by atoms with van der Waals surface area (Å²) in [4.78, 5) is 0. The Bertz CT molecular complexity index is 744. The first-order valence-electron chi connectivity index (χ1n) is 9.97. The Morgan fingerprint density at radius 3 is 2.45 bits per heavy atom. The van der Waals surface area contributed by atoms with E-state index in [1.54, 1.807) is 6.08 Å². The third kappa shape index (κ3) is 4.68. The lowest BCUT2D eigenvalue weighted by molar-refractivity contribution is -0.237. The highest BCUT2D eigenvalue weighted by molar-refractivity contribution is 6.31. The van der Waals surface area contributed by atoms with E-state index in [1.165, 1.54) is 0 Å². The molecule has 2 unspecified atom stereocenters. The average molecular weight is 425 g/mol. The fourth-order valence-electron chi connectivity index (χ4n) is 4.05. The molecule has 0 saturated carbocycles. The van der Waals surface area contributed by atoms with Crippen molar-refractivity contribution in [2.75, 3.05) is 13.2 Å². The maximum Gasteiger partial charge on any atom is 0.119 e. The van der Waals surface area contributed by atoms with Crippen molar-refractivity contribution in [1.29, 1.82) is 0 Å². The van der Waals surface area contributed by atoms with Gasteiger partial charge in [-0.25, -0.2) is 0 Å². The molecule has 0 spiro atoms. The first-order chi connectivity index (χ1) is 13.9. The lowest BCUT2D eigenvalue weighted by Gasteiger charge is -2.43. The molecule has 2 aliphatic rings. The van der Waals surface area contributed by atoms with E-state index in [2.05, 4.69) is 6.92 Å². The number of aliphatic hydroxyl groups excluding tert-OH is 4. The van der Waals surface area contributed by atoms with E-state index in [0.717, 1.165) is 16.9 Å². The van der Waals surface area contributed by atoms with E-state index >= 15 is 0 Å². The molecule has 1 aromatic carbocycles. The predicted molar refractivity (Wildman–Crippen MR) is 110 cm³/mol.